The van der Waals surface area contributed by atoms with Crippen LogP contribution in [0.5, 0.6) is 0 Å². The Morgan fingerprint density at radius 3 is 1.31 bits per heavy atom. The van der Waals surface area contributed by atoms with Crippen LogP contribution in [0.25, 0.3) is 0 Å². The summed E-state index contributed by atoms with van der Waals surface area (Å²) in [4.78, 5) is 32.2. The van der Waals surface area contributed by atoms with E-state index in [1.54, 1.807) is 0 Å². The summed E-state index contributed by atoms with van der Waals surface area (Å²) < 4.78 is 63.2. The van der Waals surface area contributed by atoms with Crippen LogP contribution in [-0.4, -0.2) is 78.5 Å². The van der Waals surface area contributed by atoms with E-state index in [4.69, 9.17) is 9.11 Å². The molecular formula is C16H9N2NaO8S2. The van der Waals surface area contributed by atoms with E-state index in [-0.39, 0.29) is 63.5 Å². The number of rotatable bonds is 3. The molecule has 2 aromatic carbocycles. The van der Waals surface area contributed by atoms with Gasteiger partial charge in [-0.3, -0.25) is 18.7 Å². The van der Waals surface area contributed by atoms with Crippen molar-refractivity contribution in [2.24, 2.45) is 9.98 Å². The fourth-order valence-corrected chi connectivity index (χ4v) is 3.84. The summed E-state index contributed by atoms with van der Waals surface area (Å²) in [7, 11) is -9.08. The Balaban J connectivity index is 0.00000240. The van der Waals surface area contributed by atoms with E-state index in [2.05, 4.69) is 9.98 Å². The molecule has 0 fully saturated rings. The van der Waals surface area contributed by atoms with E-state index in [0.29, 0.717) is 0 Å². The van der Waals surface area contributed by atoms with E-state index in [0.717, 1.165) is 24.3 Å². The number of hydrogen-bond acceptors (Lipinski definition) is 8. The minimum absolute atomic E-state index is 0. The Labute approximate surface area is 186 Å². The standard InChI is InChI=1S/C16H8N2O8S2.Na.H/c19-15-9-5-7(27(21,22)23)1-3-11(9)17-13(15)14-16(20)10-6-8(28(24,25)26)2-4-12(10)18-14;;/h1-6H,(H,21,22,23)(H,24,25,26);;. The van der Waals surface area contributed by atoms with Gasteiger partial charge in [0, 0.05) is 0 Å². The first kappa shape index (κ1) is 21.6. The van der Waals surface area contributed by atoms with Gasteiger partial charge in [0.1, 0.15) is 11.4 Å². The second-order valence-electron chi connectivity index (χ2n) is 5.89. The molecule has 0 spiro atoms. The molecule has 29 heavy (non-hydrogen) atoms. The molecule has 2 aliphatic heterocycles. The van der Waals surface area contributed by atoms with Crippen LogP contribution in [0.2, 0.25) is 0 Å². The molecule has 0 atom stereocenters. The molecule has 0 radical (unpaired) electrons. The Bertz CT molecular complexity index is 1280. The van der Waals surface area contributed by atoms with E-state index < -0.39 is 41.6 Å². The fraction of sp³-hybridized carbons (Fsp3) is 0. The first-order valence-electron chi connectivity index (χ1n) is 7.47. The summed E-state index contributed by atoms with van der Waals surface area (Å²) in [5.41, 5.74) is -0.741. The van der Waals surface area contributed by atoms with Crippen molar-refractivity contribution in [1.29, 1.82) is 0 Å². The number of hydrogen-bond donors (Lipinski definition) is 2. The van der Waals surface area contributed by atoms with Crippen molar-refractivity contribution < 1.29 is 35.5 Å². The summed E-state index contributed by atoms with van der Waals surface area (Å²) in [5.74, 6) is -1.54. The summed E-state index contributed by atoms with van der Waals surface area (Å²) in [6.45, 7) is 0. The van der Waals surface area contributed by atoms with Gasteiger partial charge in [-0.05, 0) is 36.4 Å². The number of fused-ring (bicyclic) bond motifs is 2. The molecule has 0 amide bonds. The summed E-state index contributed by atoms with van der Waals surface area (Å²) in [5, 5.41) is 0. The Hall–Kier alpha value is -2.06. The van der Waals surface area contributed by atoms with Gasteiger partial charge >= 0.3 is 29.6 Å². The van der Waals surface area contributed by atoms with Crippen molar-refractivity contribution in [1.82, 2.24) is 0 Å². The zero-order valence-corrected chi connectivity index (χ0v) is 15.2. The first-order valence-corrected chi connectivity index (χ1v) is 10.3. The molecule has 2 aromatic rings. The second-order valence-corrected chi connectivity index (χ2v) is 8.73. The summed E-state index contributed by atoms with van der Waals surface area (Å²) in [6, 6.07) is 6.39. The molecule has 2 aliphatic rings. The van der Waals surface area contributed by atoms with Crippen LogP contribution in [0.4, 0.5) is 11.4 Å². The molecular weight excluding hydrogens is 435 g/mol. The number of nitrogens with zero attached hydrogens (tertiary/aromatic N) is 2. The molecule has 0 saturated carbocycles. The normalized spacial score (nSPS) is 15.4. The Morgan fingerprint density at radius 2 is 1.00 bits per heavy atom. The second kappa shape index (κ2) is 7.02. The average Bonchev–Trinajstić information content (AvgIpc) is 3.10. The van der Waals surface area contributed by atoms with Crippen LogP contribution in [0.15, 0.2) is 56.2 Å². The van der Waals surface area contributed by atoms with Crippen molar-refractivity contribution in [2.75, 3.05) is 0 Å². The number of benzene rings is 2. The predicted octanol–water partition coefficient (Wildman–Crippen LogP) is 0.769. The van der Waals surface area contributed by atoms with Crippen LogP contribution in [0.1, 0.15) is 20.7 Å². The third-order valence-electron chi connectivity index (χ3n) is 4.14. The number of ketones is 2. The maximum absolute atomic E-state index is 12.6. The molecule has 0 unspecified atom stereocenters. The van der Waals surface area contributed by atoms with Crippen molar-refractivity contribution in [2.45, 2.75) is 9.79 Å². The molecule has 0 aromatic heterocycles. The van der Waals surface area contributed by atoms with Crippen LogP contribution in [0, 0.1) is 0 Å². The fourth-order valence-electron chi connectivity index (χ4n) is 2.83. The van der Waals surface area contributed by atoms with Crippen molar-refractivity contribution >= 4 is 84.2 Å². The molecule has 0 aliphatic carbocycles. The van der Waals surface area contributed by atoms with E-state index >= 15 is 0 Å². The molecule has 4 rings (SSSR count). The molecule has 2 heterocycles. The van der Waals surface area contributed by atoms with Gasteiger partial charge in [-0.15, -0.1) is 0 Å². The molecule has 13 heteroatoms. The maximum atomic E-state index is 12.6. The van der Waals surface area contributed by atoms with Gasteiger partial charge in [0.25, 0.3) is 20.2 Å². The molecule has 144 valence electrons. The third kappa shape index (κ3) is 3.64. The zero-order chi connectivity index (χ0) is 20.4. The summed E-state index contributed by atoms with van der Waals surface area (Å²) in [6.07, 6.45) is 0. The van der Waals surface area contributed by atoms with Gasteiger partial charge in [0.15, 0.2) is 0 Å². The monoisotopic (exact) mass is 444 g/mol. The average molecular weight is 444 g/mol. The van der Waals surface area contributed by atoms with E-state index in [1.165, 1.54) is 12.1 Å². The van der Waals surface area contributed by atoms with Crippen LogP contribution in [0.3, 0.4) is 0 Å². The van der Waals surface area contributed by atoms with Crippen LogP contribution >= 0.6 is 0 Å². The molecule has 2 N–H and O–H groups in total. The van der Waals surface area contributed by atoms with E-state index in [9.17, 15) is 26.4 Å². The Morgan fingerprint density at radius 1 is 0.655 bits per heavy atom. The Kier molecular flexibility index (Phi) is 5.24. The van der Waals surface area contributed by atoms with Gasteiger partial charge in [-0.2, -0.15) is 16.8 Å². The van der Waals surface area contributed by atoms with Gasteiger partial charge in [-0.25, -0.2) is 9.98 Å². The molecule has 0 saturated heterocycles. The van der Waals surface area contributed by atoms with Crippen molar-refractivity contribution in [3.63, 3.8) is 0 Å². The minimum atomic E-state index is -4.54. The predicted molar refractivity (Wildman–Crippen MR) is 103 cm³/mol. The number of Topliss-reactive ketones (excluding diaryl/α,β-unsaturated/α-hetero) is 2. The van der Waals surface area contributed by atoms with Gasteiger partial charge in [0.2, 0.25) is 11.6 Å². The number of aliphatic imine (C=N–C) groups is 2. The number of carbonyl (C=O) groups excluding carboxylic acids is 2. The van der Waals surface area contributed by atoms with Gasteiger partial charge < -0.3 is 0 Å². The first-order chi connectivity index (χ1) is 13.0. The molecule has 10 nitrogen and oxygen atoms in total. The van der Waals surface area contributed by atoms with Gasteiger partial charge in [-0.1, -0.05) is 0 Å². The van der Waals surface area contributed by atoms with E-state index in [1.807, 2.05) is 0 Å². The summed E-state index contributed by atoms with van der Waals surface area (Å²) >= 11 is 0. The SMILES string of the molecule is O=C1C(C2=Nc3ccc(S(=O)(=O)O)cc3C2=O)=Nc2ccc(S(=O)(=O)O)cc21.[NaH]. The zero-order valence-electron chi connectivity index (χ0n) is 13.5. The topological polar surface area (TPSA) is 168 Å². The number of carbonyl (C=O) groups is 2. The van der Waals surface area contributed by atoms with Crippen LogP contribution in [-0.2, 0) is 20.2 Å². The van der Waals surface area contributed by atoms with Crippen LogP contribution < -0.4 is 0 Å². The quantitative estimate of drug-likeness (QED) is 0.517. The van der Waals surface area contributed by atoms with Crippen molar-refractivity contribution in [3.8, 4) is 0 Å². The van der Waals surface area contributed by atoms with Crippen molar-refractivity contribution in [3.05, 3.63) is 47.5 Å². The third-order valence-corrected chi connectivity index (χ3v) is 5.84. The molecule has 0 bridgehead atoms. The van der Waals surface area contributed by atoms with Gasteiger partial charge in [0.05, 0.1) is 32.3 Å².